The molecular formula is C20H31N3O2. The van der Waals surface area contributed by atoms with Gasteiger partial charge in [0, 0.05) is 18.2 Å². The molecule has 0 atom stereocenters. The summed E-state index contributed by atoms with van der Waals surface area (Å²) in [6.45, 7) is 0.580. The highest BCUT2D eigenvalue weighted by molar-refractivity contribution is 5.41. The van der Waals surface area contributed by atoms with E-state index in [0.29, 0.717) is 12.4 Å². The molecule has 0 saturated heterocycles. The van der Waals surface area contributed by atoms with E-state index in [4.69, 9.17) is 20.9 Å². The molecule has 5 nitrogen and oxygen atoms in total. The third-order valence-electron chi connectivity index (χ3n) is 4.78. The Morgan fingerprint density at radius 3 is 2.60 bits per heavy atom. The highest BCUT2D eigenvalue weighted by atomic mass is 16.5. The quantitative estimate of drug-likeness (QED) is 0.629. The van der Waals surface area contributed by atoms with Crippen LogP contribution in [0.15, 0.2) is 41.9 Å². The highest BCUT2D eigenvalue weighted by Crippen LogP contribution is 2.29. The van der Waals surface area contributed by atoms with E-state index in [1.165, 1.54) is 32.1 Å². The van der Waals surface area contributed by atoms with Crippen LogP contribution in [0.4, 0.5) is 0 Å². The first-order valence-electron chi connectivity index (χ1n) is 8.99. The molecule has 1 fully saturated rings. The molecular weight excluding hydrogens is 314 g/mol. The van der Waals surface area contributed by atoms with Gasteiger partial charge in [0.25, 0.3) is 0 Å². The first-order chi connectivity index (χ1) is 12.2. The summed E-state index contributed by atoms with van der Waals surface area (Å²) in [6, 6.07) is 5.75. The standard InChI is InChI=1S/C20H31N3O2/c1-24-18-9-8-17(19(12-18)25-2)14-23-20(22)11-16(13-21)10-15-6-4-3-5-7-15/h8-9,11-13,15,23H,3-7,10,14,21-22H2,1-2H3/b16-13-,20-11+. The van der Waals surface area contributed by atoms with Gasteiger partial charge in [-0.3, -0.25) is 0 Å². The second kappa shape index (κ2) is 9.87. The Bertz CT molecular complexity index is 605. The minimum absolute atomic E-state index is 0.580. The lowest BCUT2D eigenvalue weighted by Gasteiger charge is -2.22. The summed E-state index contributed by atoms with van der Waals surface area (Å²) in [4.78, 5) is 0. The fraction of sp³-hybridized carbons (Fsp3) is 0.500. The van der Waals surface area contributed by atoms with Crippen molar-refractivity contribution in [2.45, 2.75) is 45.1 Å². The molecule has 0 aliphatic heterocycles. The molecule has 0 amide bonds. The van der Waals surface area contributed by atoms with Crippen LogP contribution in [0.25, 0.3) is 0 Å². The second-order valence-corrected chi connectivity index (χ2v) is 6.58. The maximum absolute atomic E-state index is 6.14. The average Bonchev–Trinajstić information content (AvgIpc) is 2.66. The fourth-order valence-corrected chi connectivity index (χ4v) is 3.35. The molecule has 0 unspecified atom stereocenters. The molecule has 1 aromatic carbocycles. The second-order valence-electron chi connectivity index (χ2n) is 6.58. The van der Waals surface area contributed by atoms with Crippen molar-refractivity contribution in [1.82, 2.24) is 5.32 Å². The smallest absolute Gasteiger partial charge is 0.127 e. The summed E-state index contributed by atoms with van der Waals surface area (Å²) in [5.41, 5.74) is 14.1. The molecule has 0 radical (unpaired) electrons. The zero-order valence-corrected chi connectivity index (χ0v) is 15.4. The summed E-state index contributed by atoms with van der Waals surface area (Å²) in [5, 5.41) is 3.23. The molecule has 0 aromatic heterocycles. The third kappa shape index (κ3) is 5.93. The molecule has 138 valence electrons. The minimum atomic E-state index is 0.580. The van der Waals surface area contributed by atoms with Crippen LogP contribution in [0, 0.1) is 5.92 Å². The van der Waals surface area contributed by atoms with E-state index >= 15 is 0 Å². The van der Waals surface area contributed by atoms with Gasteiger partial charge >= 0.3 is 0 Å². The van der Waals surface area contributed by atoms with E-state index in [-0.39, 0.29) is 0 Å². The van der Waals surface area contributed by atoms with Crippen LogP contribution in [0.5, 0.6) is 11.5 Å². The minimum Gasteiger partial charge on any atom is -0.497 e. The molecule has 0 heterocycles. The zero-order chi connectivity index (χ0) is 18.1. The molecule has 1 saturated carbocycles. The van der Waals surface area contributed by atoms with Gasteiger partial charge in [-0.05, 0) is 42.3 Å². The summed E-state index contributed by atoms with van der Waals surface area (Å²) in [5.74, 6) is 2.89. The van der Waals surface area contributed by atoms with Crippen LogP contribution in [0.2, 0.25) is 0 Å². The largest absolute Gasteiger partial charge is 0.497 e. The van der Waals surface area contributed by atoms with Crippen molar-refractivity contribution in [3.8, 4) is 11.5 Å². The van der Waals surface area contributed by atoms with E-state index < -0.39 is 0 Å². The molecule has 0 spiro atoms. The highest BCUT2D eigenvalue weighted by Gasteiger charge is 2.14. The first-order valence-corrected chi connectivity index (χ1v) is 8.99. The third-order valence-corrected chi connectivity index (χ3v) is 4.78. The summed E-state index contributed by atoms with van der Waals surface area (Å²) >= 11 is 0. The number of ether oxygens (including phenoxy) is 2. The molecule has 0 bridgehead atoms. The van der Waals surface area contributed by atoms with Crippen LogP contribution in [0.1, 0.15) is 44.1 Å². The van der Waals surface area contributed by atoms with E-state index in [0.717, 1.165) is 35.0 Å². The van der Waals surface area contributed by atoms with E-state index in [9.17, 15) is 0 Å². The lowest BCUT2D eigenvalue weighted by atomic mass is 9.85. The Balaban J connectivity index is 1.93. The molecule has 5 N–H and O–H groups in total. The van der Waals surface area contributed by atoms with Gasteiger partial charge in [-0.15, -0.1) is 0 Å². The van der Waals surface area contributed by atoms with E-state index in [2.05, 4.69) is 5.32 Å². The molecule has 1 aliphatic carbocycles. The van der Waals surface area contributed by atoms with Crippen LogP contribution < -0.4 is 26.3 Å². The number of hydrogen-bond acceptors (Lipinski definition) is 5. The number of methoxy groups -OCH3 is 2. The molecule has 1 aromatic rings. The van der Waals surface area contributed by atoms with Gasteiger partial charge in [0.1, 0.15) is 11.5 Å². The van der Waals surface area contributed by atoms with Crippen molar-refractivity contribution in [3.05, 3.63) is 47.4 Å². The Morgan fingerprint density at radius 2 is 1.96 bits per heavy atom. The number of benzene rings is 1. The lowest BCUT2D eigenvalue weighted by molar-refractivity contribution is 0.357. The topological polar surface area (TPSA) is 82.5 Å². The van der Waals surface area contributed by atoms with Crippen LogP contribution in [-0.4, -0.2) is 14.2 Å². The number of nitrogens with one attached hydrogen (secondary N) is 1. The van der Waals surface area contributed by atoms with Crippen LogP contribution >= 0.6 is 0 Å². The van der Waals surface area contributed by atoms with Crippen molar-refractivity contribution in [1.29, 1.82) is 0 Å². The Labute approximate surface area is 151 Å². The van der Waals surface area contributed by atoms with E-state index in [1.54, 1.807) is 20.4 Å². The Hall–Kier alpha value is -2.30. The number of nitrogens with two attached hydrogens (primary N) is 2. The van der Waals surface area contributed by atoms with Gasteiger partial charge in [-0.2, -0.15) is 0 Å². The molecule has 25 heavy (non-hydrogen) atoms. The predicted octanol–water partition coefficient (Wildman–Crippen LogP) is 3.41. The van der Waals surface area contributed by atoms with E-state index in [1.807, 2.05) is 24.3 Å². The monoisotopic (exact) mass is 345 g/mol. The van der Waals surface area contributed by atoms with Gasteiger partial charge in [0.15, 0.2) is 0 Å². The maximum atomic E-state index is 6.14. The summed E-state index contributed by atoms with van der Waals surface area (Å²) < 4.78 is 10.6. The lowest BCUT2D eigenvalue weighted by Crippen LogP contribution is -2.20. The Morgan fingerprint density at radius 1 is 1.20 bits per heavy atom. The number of allylic oxidation sites excluding steroid dienone is 2. The average molecular weight is 345 g/mol. The zero-order valence-electron chi connectivity index (χ0n) is 15.4. The van der Waals surface area contributed by atoms with Crippen molar-refractivity contribution in [3.63, 3.8) is 0 Å². The van der Waals surface area contributed by atoms with Gasteiger partial charge in [0.2, 0.25) is 0 Å². The van der Waals surface area contributed by atoms with Crippen molar-refractivity contribution >= 4 is 0 Å². The predicted molar refractivity (Wildman–Crippen MR) is 102 cm³/mol. The number of hydrogen-bond donors (Lipinski definition) is 3. The molecule has 1 aliphatic rings. The first kappa shape index (κ1) is 19.0. The number of rotatable bonds is 8. The van der Waals surface area contributed by atoms with Crippen molar-refractivity contribution in [2.75, 3.05) is 14.2 Å². The summed E-state index contributed by atoms with van der Waals surface area (Å²) in [6.07, 6.45) is 11.2. The fourth-order valence-electron chi connectivity index (χ4n) is 3.35. The summed E-state index contributed by atoms with van der Waals surface area (Å²) in [7, 11) is 3.29. The molecule has 5 heteroatoms. The van der Waals surface area contributed by atoms with Crippen LogP contribution in [-0.2, 0) is 6.54 Å². The van der Waals surface area contributed by atoms with Gasteiger partial charge < -0.3 is 26.3 Å². The normalized spacial score (nSPS) is 16.6. The van der Waals surface area contributed by atoms with Crippen molar-refractivity contribution < 1.29 is 9.47 Å². The molecule has 2 rings (SSSR count). The van der Waals surface area contributed by atoms with Crippen molar-refractivity contribution in [2.24, 2.45) is 17.4 Å². The van der Waals surface area contributed by atoms with Gasteiger partial charge in [-0.1, -0.05) is 32.1 Å². The Kier molecular flexibility index (Phi) is 7.51. The van der Waals surface area contributed by atoms with Gasteiger partial charge in [-0.25, -0.2) is 0 Å². The SMILES string of the molecule is COc1ccc(CN/C(N)=C/C(=C\N)CC2CCCCC2)c(OC)c1. The van der Waals surface area contributed by atoms with Gasteiger partial charge in [0.05, 0.1) is 20.0 Å². The van der Waals surface area contributed by atoms with Crippen LogP contribution in [0.3, 0.4) is 0 Å². The maximum Gasteiger partial charge on any atom is 0.127 e.